The zero-order chi connectivity index (χ0) is 19.2. The summed E-state index contributed by atoms with van der Waals surface area (Å²) < 4.78 is 22.2. The number of rotatable bonds is 0. The van der Waals surface area contributed by atoms with Crippen LogP contribution in [-0.2, 0) is 14.3 Å². The molecule has 1 spiro atoms. The third kappa shape index (κ3) is 1.60. The van der Waals surface area contributed by atoms with Crippen LogP contribution < -0.4 is 0 Å². The molecule has 3 nitrogen and oxygen atoms in total. The summed E-state index contributed by atoms with van der Waals surface area (Å²) in [5.41, 5.74) is 0.540. The predicted molar refractivity (Wildman–Crippen MR) is 99.8 cm³/mol. The van der Waals surface area contributed by atoms with E-state index in [1.807, 2.05) is 6.08 Å². The van der Waals surface area contributed by atoms with Gasteiger partial charge in [-0.25, -0.2) is 4.39 Å². The van der Waals surface area contributed by atoms with E-state index >= 15 is 4.39 Å². The average Bonchev–Trinajstić information content (AvgIpc) is 3.53. The van der Waals surface area contributed by atoms with E-state index in [0.29, 0.717) is 54.8 Å². The van der Waals surface area contributed by atoms with E-state index in [2.05, 4.69) is 13.8 Å². The van der Waals surface area contributed by atoms with Crippen molar-refractivity contribution in [1.82, 2.24) is 0 Å². The van der Waals surface area contributed by atoms with Gasteiger partial charge in [0.15, 0.2) is 5.78 Å². The fourth-order valence-electron chi connectivity index (χ4n) is 9.78. The van der Waals surface area contributed by atoms with Gasteiger partial charge in [-0.2, -0.15) is 0 Å². The second-order valence-corrected chi connectivity index (χ2v) is 11.6. The van der Waals surface area contributed by atoms with Crippen molar-refractivity contribution in [3.8, 4) is 0 Å². The van der Waals surface area contributed by atoms with Gasteiger partial charge in [-0.05, 0) is 73.2 Å². The summed E-state index contributed by atoms with van der Waals surface area (Å²) in [6, 6.07) is 0. The Morgan fingerprint density at radius 3 is 2.64 bits per heavy atom. The third-order valence-corrected chi connectivity index (χ3v) is 10.8. The Morgan fingerprint density at radius 1 is 1.07 bits per heavy atom. The summed E-state index contributed by atoms with van der Waals surface area (Å²) >= 11 is 0. The molecule has 6 fully saturated rings. The largest absolute Gasteiger partial charge is 0.458 e. The molecule has 5 saturated carbocycles. The topological polar surface area (TPSA) is 43.4 Å². The van der Waals surface area contributed by atoms with Gasteiger partial charge in [-0.15, -0.1) is 0 Å². The number of carbonyl (C=O) groups is 2. The second kappa shape index (κ2) is 4.59. The predicted octanol–water partition coefficient (Wildman–Crippen LogP) is 4.25. The molecule has 0 amide bonds. The Balaban J connectivity index is 1.36. The van der Waals surface area contributed by atoms with Crippen LogP contribution in [0.1, 0.15) is 58.8 Å². The van der Waals surface area contributed by atoms with Crippen LogP contribution in [0.4, 0.5) is 4.39 Å². The van der Waals surface area contributed by atoms with Gasteiger partial charge in [0, 0.05) is 30.1 Å². The van der Waals surface area contributed by atoms with Crippen LogP contribution in [0.25, 0.3) is 0 Å². The van der Waals surface area contributed by atoms with Crippen LogP contribution in [0, 0.1) is 52.3 Å². The Bertz CT molecular complexity index is 864. The molecule has 1 aliphatic heterocycles. The van der Waals surface area contributed by atoms with Crippen molar-refractivity contribution in [2.75, 3.05) is 0 Å². The van der Waals surface area contributed by atoms with Crippen molar-refractivity contribution in [3.63, 3.8) is 0 Å². The maximum atomic E-state index is 16.1. The number of alkyl halides is 1. The van der Waals surface area contributed by atoms with Crippen molar-refractivity contribution in [3.05, 3.63) is 11.6 Å². The summed E-state index contributed by atoms with van der Waals surface area (Å²) in [5, 5.41) is 0. The van der Waals surface area contributed by atoms with E-state index < -0.39 is 11.8 Å². The van der Waals surface area contributed by atoms with Crippen LogP contribution >= 0.6 is 0 Å². The lowest BCUT2D eigenvalue weighted by Crippen LogP contribution is -2.61. The zero-order valence-electron chi connectivity index (χ0n) is 16.7. The van der Waals surface area contributed by atoms with Crippen molar-refractivity contribution in [1.29, 1.82) is 0 Å². The molecule has 28 heavy (non-hydrogen) atoms. The molecule has 150 valence electrons. The quantitative estimate of drug-likeness (QED) is 0.586. The number of allylic oxidation sites excluding steroid dienone is 1. The molecule has 0 radical (unpaired) electrons. The van der Waals surface area contributed by atoms with Crippen molar-refractivity contribution in [2.45, 2.75) is 70.6 Å². The first-order valence-electron chi connectivity index (χ1n) is 11.4. The molecule has 0 aromatic heterocycles. The lowest BCUT2D eigenvalue weighted by atomic mass is 9.44. The lowest BCUT2D eigenvalue weighted by Gasteiger charge is -2.61. The van der Waals surface area contributed by atoms with E-state index in [1.165, 1.54) is 12.0 Å². The molecular formula is C24H29FO3. The monoisotopic (exact) mass is 384 g/mol. The first-order chi connectivity index (χ1) is 13.3. The first kappa shape index (κ1) is 16.6. The molecule has 1 heterocycles. The van der Waals surface area contributed by atoms with Gasteiger partial charge < -0.3 is 4.74 Å². The Labute approximate surface area is 165 Å². The Hall–Kier alpha value is -1.19. The number of hydrogen-bond acceptors (Lipinski definition) is 3. The third-order valence-electron chi connectivity index (χ3n) is 10.8. The standard InChI is InChI=1S/C24H29FO3/c1-22-5-3-11(26)7-15(22)12-8-13(12)19-20-14-9-16(14)24(6-4-18(27)28-24)23(20,2)10-17(25)21(19)22/h7,12-14,16-17,19-21H,3-6,8-10H2,1-2H3/t12?,13?,14-,16+,17?,19?,20?,21?,22+,23+,24?/m1/s1. The van der Waals surface area contributed by atoms with Crippen LogP contribution in [0.5, 0.6) is 0 Å². The van der Waals surface area contributed by atoms with Crippen molar-refractivity contribution >= 4 is 11.8 Å². The average molecular weight is 384 g/mol. The summed E-state index contributed by atoms with van der Waals surface area (Å²) in [4.78, 5) is 24.3. The molecule has 0 bridgehead atoms. The minimum absolute atomic E-state index is 0.0437. The maximum Gasteiger partial charge on any atom is 0.306 e. The molecule has 0 aromatic carbocycles. The summed E-state index contributed by atoms with van der Waals surface area (Å²) in [7, 11) is 0. The van der Waals surface area contributed by atoms with E-state index in [9.17, 15) is 9.59 Å². The van der Waals surface area contributed by atoms with E-state index in [4.69, 9.17) is 4.74 Å². The Morgan fingerprint density at radius 2 is 1.89 bits per heavy atom. The smallest absolute Gasteiger partial charge is 0.306 e. The van der Waals surface area contributed by atoms with Gasteiger partial charge >= 0.3 is 5.97 Å². The molecule has 11 atom stereocenters. The van der Waals surface area contributed by atoms with Crippen LogP contribution in [0.2, 0.25) is 0 Å². The molecular weight excluding hydrogens is 355 g/mol. The summed E-state index contributed by atoms with van der Waals surface area (Å²) in [5.74, 6) is 3.26. The number of esters is 1. The van der Waals surface area contributed by atoms with Crippen molar-refractivity contribution < 1.29 is 18.7 Å². The first-order valence-corrected chi connectivity index (χ1v) is 11.4. The number of hydrogen-bond donors (Lipinski definition) is 0. The summed E-state index contributed by atoms with van der Waals surface area (Å²) in [6.07, 6.45) is 6.59. The fraction of sp³-hybridized carbons (Fsp3) is 0.833. The van der Waals surface area contributed by atoms with E-state index in [0.717, 1.165) is 19.3 Å². The lowest BCUT2D eigenvalue weighted by molar-refractivity contribution is -0.188. The number of ketones is 1. The number of halogens is 1. The van der Waals surface area contributed by atoms with Gasteiger partial charge in [0.25, 0.3) is 0 Å². The minimum Gasteiger partial charge on any atom is -0.458 e. The number of ether oxygens (including phenoxy) is 1. The normalized spacial score (nSPS) is 62.9. The van der Waals surface area contributed by atoms with Gasteiger partial charge in [0.05, 0.1) is 0 Å². The molecule has 7 rings (SSSR count). The van der Waals surface area contributed by atoms with Crippen LogP contribution in [0.3, 0.4) is 0 Å². The van der Waals surface area contributed by atoms with Crippen LogP contribution in [-0.4, -0.2) is 23.5 Å². The molecule has 7 aliphatic rings. The molecule has 6 aliphatic carbocycles. The Kier molecular flexibility index (Phi) is 2.72. The molecule has 0 aromatic rings. The number of fused-ring (bicyclic) bond motifs is 12. The minimum atomic E-state index is -0.858. The maximum absolute atomic E-state index is 16.1. The van der Waals surface area contributed by atoms with Gasteiger partial charge in [-0.3, -0.25) is 9.59 Å². The molecule has 1 saturated heterocycles. The highest BCUT2D eigenvalue weighted by Crippen LogP contribution is 2.82. The molecule has 7 unspecified atom stereocenters. The highest BCUT2D eigenvalue weighted by atomic mass is 19.1. The SMILES string of the molecule is C[C@]12CCC(=O)C=C1C1CC1C1C2C(F)C[C@@]2(C)C1[C@@H]1C[C@@H]1C21CCC(=O)O1. The van der Waals surface area contributed by atoms with Gasteiger partial charge in [-0.1, -0.05) is 19.4 Å². The molecule has 0 N–H and O–H groups in total. The molecule has 4 heteroatoms. The summed E-state index contributed by atoms with van der Waals surface area (Å²) in [6.45, 7) is 4.53. The van der Waals surface area contributed by atoms with Gasteiger partial charge in [0.2, 0.25) is 0 Å². The van der Waals surface area contributed by atoms with E-state index in [-0.39, 0.29) is 28.5 Å². The van der Waals surface area contributed by atoms with Crippen LogP contribution in [0.15, 0.2) is 11.6 Å². The number of carbonyl (C=O) groups excluding carboxylic acids is 2. The highest BCUT2D eigenvalue weighted by molar-refractivity contribution is 5.92. The fourth-order valence-corrected chi connectivity index (χ4v) is 9.78. The second-order valence-electron chi connectivity index (χ2n) is 11.6. The van der Waals surface area contributed by atoms with Crippen molar-refractivity contribution in [2.24, 2.45) is 52.3 Å². The zero-order valence-corrected chi connectivity index (χ0v) is 16.7. The van der Waals surface area contributed by atoms with Gasteiger partial charge in [0.1, 0.15) is 11.8 Å². The highest BCUT2D eigenvalue weighted by Gasteiger charge is 2.82. The van der Waals surface area contributed by atoms with E-state index in [1.54, 1.807) is 0 Å².